The number of hydrogen-bond donors (Lipinski definition) is 1. The summed E-state index contributed by atoms with van der Waals surface area (Å²) in [4.78, 5) is 11.2. The number of aromatic carboxylic acids is 1. The standard InChI is InChI=1S/C17H19BrN2O3/c1-9-10-6-4-5-7-11(10)15(18)16(23-3)14(9)13-8-12(17(21)22)19-20(13)2/h8H,4-7H2,1-3H3,(H,21,22). The molecule has 1 heterocycles. The maximum absolute atomic E-state index is 11.2. The van der Waals surface area contributed by atoms with Crippen molar-refractivity contribution in [1.82, 2.24) is 9.78 Å². The number of hydrogen-bond acceptors (Lipinski definition) is 3. The van der Waals surface area contributed by atoms with Crippen LogP contribution in [0.4, 0.5) is 0 Å². The lowest BCUT2D eigenvalue weighted by atomic mass is 9.85. The fraction of sp³-hybridized carbons (Fsp3) is 0.412. The Hall–Kier alpha value is -1.82. The maximum Gasteiger partial charge on any atom is 0.356 e. The fourth-order valence-electron chi connectivity index (χ4n) is 3.44. The highest BCUT2D eigenvalue weighted by Gasteiger charge is 2.26. The van der Waals surface area contributed by atoms with Gasteiger partial charge in [0.05, 0.1) is 17.3 Å². The molecular formula is C17H19BrN2O3. The van der Waals surface area contributed by atoms with Crippen molar-refractivity contribution < 1.29 is 14.6 Å². The Labute approximate surface area is 143 Å². The second-order valence-electron chi connectivity index (χ2n) is 5.86. The van der Waals surface area contributed by atoms with E-state index in [0.29, 0.717) is 0 Å². The molecule has 1 aromatic carbocycles. The molecule has 23 heavy (non-hydrogen) atoms. The molecule has 0 bridgehead atoms. The smallest absolute Gasteiger partial charge is 0.356 e. The molecule has 2 aromatic rings. The van der Waals surface area contributed by atoms with Gasteiger partial charge in [-0.25, -0.2) is 4.79 Å². The van der Waals surface area contributed by atoms with E-state index in [1.54, 1.807) is 24.9 Å². The van der Waals surface area contributed by atoms with Gasteiger partial charge in [-0.2, -0.15) is 5.10 Å². The number of fused-ring (bicyclic) bond motifs is 1. The number of methoxy groups -OCH3 is 1. The van der Waals surface area contributed by atoms with E-state index in [-0.39, 0.29) is 5.69 Å². The molecular weight excluding hydrogens is 360 g/mol. The summed E-state index contributed by atoms with van der Waals surface area (Å²) < 4.78 is 8.25. The normalized spacial score (nSPS) is 13.7. The van der Waals surface area contributed by atoms with Gasteiger partial charge in [-0.15, -0.1) is 0 Å². The fourth-order valence-corrected chi connectivity index (χ4v) is 4.23. The third-order valence-corrected chi connectivity index (χ3v) is 5.38. The number of benzene rings is 1. The Morgan fingerprint density at radius 1 is 1.35 bits per heavy atom. The van der Waals surface area contributed by atoms with E-state index in [4.69, 9.17) is 4.74 Å². The van der Waals surface area contributed by atoms with E-state index in [0.717, 1.165) is 39.9 Å². The highest BCUT2D eigenvalue weighted by atomic mass is 79.9. The molecule has 0 aliphatic heterocycles. The molecule has 0 amide bonds. The minimum atomic E-state index is -1.03. The molecule has 0 fully saturated rings. The molecule has 0 atom stereocenters. The number of halogens is 1. The van der Waals surface area contributed by atoms with E-state index >= 15 is 0 Å². The van der Waals surface area contributed by atoms with E-state index in [1.165, 1.54) is 24.0 Å². The number of carboxylic acid groups (broad SMARTS) is 1. The van der Waals surface area contributed by atoms with Gasteiger partial charge in [-0.1, -0.05) is 0 Å². The zero-order valence-corrected chi connectivity index (χ0v) is 15.0. The van der Waals surface area contributed by atoms with Crippen molar-refractivity contribution >= 4 is 21.9 Å². The van der Waals surface area contributed by atoms with Gasteiger partial charge < -0.3 is 9.84 Å². The Morgan fingerprint density at radius 2 is 2.00 bits per heavy atom. The van der Waals surface area contributed by atoms with Gasteiger partial charge in [0.1, 0.15) is 5.75 Å². The molecule has 122 valence electrons. The Balaban J connectivity index is 2.31. The number of rotatable bonds is 3. The van der Waals surface area contributed by atoms with Crippen LogP contribution in [0.3, 0.4) is 0 Å². The lowest BCUT2D eigenvalue weighted by Crippen LogP contribution is -2.10. The first-order chi connectivity index (χ1) is 11.0. The van der Waals surface area contributed by atoms with E-state index in [2.05, 4.69) is 28.0 Å². The van der Waals surface area contributed by atoms with Crippen molar-refractivity contribution in [2.45, 2.75) is 32.6 Å². The number of carbonyl (C=O) groups is 1. The van der Waals surface area contributed by atoms with E-state index in [1.807, 2.05) is 0 Å². The molecule has 0 saturated carbocycles. The largest absolute Gasteiger partial charge is 0.495 e. The van der Waals surface area contributed by atoms with Gasteiger partial charge in [-0.3, -0.25) is 4.68 Å². The van der Waals surface area contributed by atoms with Gasteiger partial charge in [0.25, 0.3) is 0 Å². The summed E-state index contributed by atoms with van der Waals surface area (Å²) in [6, 6.07) is 1.61. The average molecular weight is 379 g/mol. The second kappa shape index (κ2) is 6.00. The number of carboxylic acids is 1. The lowest BCUT2D eigenvalue weighted by molar-refractivity contribution is 0.0689. The summed E-state index contributed by atoms with van der Waals surface area (Å²) in [7, 11) is 3.40. The third kappa shape index (κ3) is 2.55. The van der Waals surface area contributed by atoms with Crippen LogP contribution in [0.15, 0.2) is 10.5 Å². The van der Waals surface area contributed by atoms with Crippen LogP contribution in [0.2, 0.25) is 0 Å². The summed E-state index contributed by atoms with van der Waals surface area (Å²) in [6.07, 6.45) is 4.44. The molecule has 6 heteroatoms. The maximum atomic E-state index is 11.2. The van der Waals surface area contributed by atoms with Crippen LogP contribution in [0.1, 0.15) is 40.0 Å². The molecule has 0 spiro atoms. The number of aryl methyl sites for hydroxylation is 1. The molecule has 1 aliphatic rings. The molecule has 0 saturated heterocycles. The van der Waals surface area contributed by atoms with Gasteiger partial charge >= 0.3 is 5.97 Å². The van der Waals surface area contributed by atoms with Crippen LogP contribution >= 0.6 is 15.9 Å². The highest BCUT2D eigenvalue weighted by molar-refractivity contribution is 9.10. The molecule has 0 radical (unpaired) electrons. The van der Waals surface area contributed by atoms with E-state index < -0.39 is 5.97 Å². The first-order valence-corrected chi connectivity index (χ1v) is 8.40. The molecule has 1 N–H and O–H groups in total. The first-order valence-electron chi connectivity index (χ1n) is 7.61. The zero-order valence-electron chi connectivity index (χ0n) is 13.4. The van der Waals surface area contributed by atoms with Crippen molar-refractivity contribution in [3.63, 3.8) is 0 Å². The van der Waals surface area contributed by atoms with Crippen LogP contribution in [-0.4, -0.2) is 28.0 Å². The molecule has 1 aliphatic carbocycles. The molecule has 3 rings (SSSR count). The van der Waals surface area contributed by atoms with Gasteiger partial charge in [-0.05, 0) is 71.3 Å². The van der Waals surface area contributed by atoms with Crippen LogP contribution in [0.5, 0.6) is 5.75 Å². The SMILES string of the molecule is COc1c(Br)c2c(c(C)c1-c1cc(C(=O)O)nn1C)CCCC2. The quantitative estimate of drug-likeness (QED) is 0.883. The predicted octanol–water partition coefficient (Wildman–Crippen LogP) is 3.74. The second-order valence-corrected chi connectivity index (χ2v) is 6.65. The summed E-state index contributed by atoms with van der Waals surface area (Å²) >= 11 is 3.70. The van der Waals surface area contributed by atoms with Crippen molar-refractivity contribution in [3.8, 4) is 17.0 Å². The summed E-state index contributed by atoms with van der Waals surface area (Å²) in [5.74, 6) is -0.274. The summed E-state index contributed by atoms with van der Waals surface area (Å²) in [5.41, 5.74) is 5.53. The van der Waals surface area contributed by atoms with Gasteiger partial charge in [0, 0.05) is 12.6 Å². The van der Waals surface area contributed by atoms with Gasteiger partial charge in [0.15, 0.2) is 5.69 Å². The topological polar surface area (TPSA) is 64.3 Å². The van der Waals surface area contributed by atoms with Crippen molar-refractivity contribution in [2.75, 3.05) is 7.11 Å². The third-order valence-electron chi connectivity index (χ3n) is 4.55. The lowest BCUT2D eigenvalue weighted by Gasteiger charge is -2.25. The Kier molecular flexibility index (Phi) is 4.19. The van der Waals surface area contributed by atoms with Crippen LogP contribution in [0, 0.1) is 6.92 Å². The number of nitrogens with zero attached hydrogens (tertiary/aromatic N) is 2. The van der Waals surface area contributed by atoms with Crippen LogP contribution in [0.25, 0.3) is 11.3 Å². The first kappa shape index (κ1) is 16.1. The Bertz CT molecular complexity index is 796. The molecule has 1 aromatic heterocycles. The van der Waals surface area contributed by atoms with Crippen molar-refractivity contribution in [1.29, 1.82) is 0 Å². The minimum absolute atomic E-state index is 0.0396. The highest BCUT2D eigenvalue weighted by Crippen LogP contribution is 2.45. The van der Waals surface area contributed by atoms with Gasteiger partial charge in [0.2, 0.25) is 0 Å². The molecule has 5 nitrogen and oxygen atoms in total. The summed E-state index contributed by atoms with van der Waals surface area (Å²) in [6.45, 7) is 2.09. The zero-order chi connectivity index (χ0) is 16.7. The van der Waals surface area contributed by atoms with Crippen LogP contribution < -0.4 is 4.74 Å². The average Bonchev–Trinajstić information content (AvgIpc) is 2.92. The number of aromatic nitrogens is 2. The number of ether oxygens (including phenoxy) is 1. The van der Waals surface area contributed by atoms with E-state index in [9.17, 15) is 9.90 Å². The Morgan fingerprint density at radius 3 is 2.57 bits per heavy atom. The molecule has 0 unspecified atom stereocenters. The van der Waals surface area contributed by atoms with Crippen molar-refractivity contribution in [2.24, 2.45) is 7.05 Å². The van der Waals surface area contributed by atoms with Crippen LogP contribution in [-0.2, 0) is 19.9 Å². The monoisotopic (exact) mass is 378 g/mol. The van der Waals surface area contributed by atoms with Crippen molar-refractivity contribution in [3.05, 3.63) is 32.9 Å². The minimum Gasteiger partial charge on any atom is -0.495 e. The summed E-state index contributed by atoms with van der Waals surface area (Å²) in [5, 5.41) is 13.3. The predicted molar refractivity (Wildman–Crippen MR) is 91.2 cm³/mol.